The first-order valence-corrected chi connectivity index (χ1v) is 6.62. The number of nitrogens with one attached hydrogen (secondary N) is 2. The molecule has 0 radical (unpaired) electrons. The van der Waals surface area contributed by atoms with Gasteiger partial charge < -0.3 is 10.6 Å². The highest BCUT2D eigenvalue weighted by molar-refractivity contribution is 5.56. The Kier molecular flexibility index (Phi) is 3.65. The first-order valence-electron chi connectivity index (χ1n) is 6.62. The minimum atomic E-state index is 0.541. The van der Waals surface area contributed by atoms with Crippen LogP contribution in [0.5, 0.6) is 0 Å². The number of anilines is 1. The lowest BCUT2D eigenvalue weighted by molar-refractivity contribution is 0.631. The molecule has 0 saturated carbocycles. The fourth-order valence-corrected chi connectivity index (χ4v) is 2.23. The highest BCUT2D eigenvalue weighted by Gasteiger charge is 2.13. The standard InChI is InChI=1S/C14H17N5/c1-2-6-16-13(5-1)11-8-17-14(18-9-11)19-10-12-4-3-7-15-12/h1-2,5-6,8-9,12,15H,3-4,7,10H2,(H,17,18,19). The van der Waals surface area contributed by atoms with Gasteiger partial charge in [-0.1, -0.05) is 6.07 Å². The smallest absolute Gasteiger partial charge is 0.222 e. The summed E-state index contributed by atoms with van der Waals surface area (Å²) < 4.78 is 0. The largest absolute Gasteiger partial charge is 0.353 e. The van der Waals surface area contributed by atoms with Crippen molar-refractivity contribution in [2.24, 2.45) is 0 Å². The number of hydrogen-bond donors (Lipinski definition) is 2. The van der Waals surface area contributed by atoms with Crippen molar-refractivity contribution >= 4 is 5.95 Å². The van der Waals surface area contributed by atoms with E-state index in [1.807, 2.05) is 18.2 Å². The molecule has 1 saturated heterocycles. The fraction of sp³-hybridized carbons (Fsp3) is 0.357. The first kappa shape index (κ1) is 12.0. The van der Waals surface area contributed by atoms with E-state index in [2.05, 4.69) is 25.6 Å². The summed E-state index contributed by atoms with van der Waals surface area (Å²) in [6.45, 7) is 1.99. The first-order chi connectivity index (χ1) is 9.42. The van der Waals surface area contributed by atoms with E-state index >= 15 is 0 Å². The molecule has 3 heterocycles. The predicted octanol–water partition coefficient (Wildman–Crippen LogP) is 1.70. The van der Waals surface area contributed by atoms with E-state index in [4.69, 9.17) is 0 Å². The maximum Gasteiger partial charge on any atom is 0.222 e. The van der Waals surface area contributed by atoms with Crippen molar-refractivity contribution in [3.8, 4) is 11.3 Å². The third-order valence-electron chi connectivity index (χ3n) is 3.28. The van der Waals surface area contributed by atoms with E-state index in [0.29, 0.717) is 12.0 Å². The molecule has 0 amide bonds. The molecule has 0 aromatic carbocycles. The summed E-state index contributed by atoms with van der Waals surface area (Å²) in [7, 11) is 0. The molecule has 3 rings (SSSR count). The molecule has 1 aliphatic rings. The summed E-state index contributed by atoms with van der Waals surface area (Å²) in [6, 6.07) is 6.35. The van der Waals surface area contributed by atoms with Crippen molar-refractivity contribution in [3.05, 3.63) is 36.8 Å². The van der Waals surface area contributed by atoms with Crippen molar-refractivity contribution in [2.45, 2.75) is 18.9 Å². The normalized spacial score (nSPS) is 18.4. The van der Waals surface area contributed by atoms with Crippen LogP contribution >= 0.6 is 0 Å². The van der Waals surface area contributed by atoms with Gasteiger partial charge in [-0.15, -0.1) is 0 Å². The lowest BCUT2D eigenvalue weighted by Crippen LogP contribution is -2.29. The summed E-state index contributed by atoms with van der Waals surface area (Å²) in [6.07, 6.45) is 7.86. The summed E-state index contributed by atoms with van der Waals surface area (Å²) in [4.78, 5) is 12.9. The Balaban J connectivity index is 1.62. The van der Waals surface area contributed by atoms with Crippen molar-refractivity contribution < 1.29 is 0 Å². The maximum atomic E-state index is 4.33. The fourth-order valence-electron chi connectivity index (χ4n) is 2.23. The van der Waals surface area contributed by atoms with Gasteiger partial charge in [-0.3, -0.25) is 4.98 Å². The van der Waals surface area contributed by atoms with Gasteiger partial charge in [0.25, 0.3) is 0 Å². The second-order valence-corrected chi connectivity index (χ2v) is 4.68. The maximum absolute atomic E-state index is 4.33. The van der Waals surface area contributed by atoms with Gasteiger partial charge in [0.05, 0.1) is 5.69 Å². The van der Waals surface area contributed by atoms with Crippen LogP contribution in [-0.2, 0) is 0 Å². The lowest BCUT2D eigenvalue weighted by Gasteiger charge is -2.11. The molecule has 0 bridgehead atoms. The number of rotatable bonds is 4. The molecule has 2 N–H and O–H groups in total. The summed E-state index contributed by atoms with van der Waals surface area (Å²) in [5.41, 5.74) is 1.83. The molecule has 5 heteroatoms. The lowest BCUT2D eigenvalue weighted by atomic mass is 10.2. The van der Waals surface area contributed by atoms with Gasteiger partial charge in [0.1, 0.15) is 0 Å². The van der Waals surface area contributed by atoms with Crippen LogP contribution in [0.1, 0.15) is 12.8 Å². The Morgan fingerprint density at radius 3 is 2.79 bits per heavy atom. The van der Waals surface area contributed by atoms with E-state index in [9.17, 15) is 0 Å². The number of hydrogen-bond acceptors (Lipinski definition) is 5. The Morgan fingerprint density at radius 1 is 1.21 bits per heavy atom. The number of pyridine rings is 1. The highest BCUT2D eigenvalue weighted by Crippen LogP contribution is 2.14. The Labute approximate surface area is 112 Å². The second kappa shape index (κ2) is 5.75. The van der Waals surface area contributed by atoms with E-state index < -0.39 is 0 Å². The predicted molar refractivity (Wildman–Crippen MR) is 74.8 cm³/mol. The van der Waals surface area contributed by atoms with Crippen molar-refractivity contribution in [1.82, 2.24) is 20.3 Å². The quantitative estimate of drug-likeness (QED) is 0.870. The van der Waals surface area contributed by atoms with Crippen molar-refractivity contribution in [1.29, 1.82) is 0 Å². The highest BCUT2D eigenvalue weighted by atomic mass is 15.1. The second-order valence-electron chi connectivity index (χ2n) is 4.68. The Bertz CT molecular complexity index is 505. The Hall–Kier alpha value is -2.01. The summed E-state index contributed by atoms with van der Waals surface area (Å²) >= 11 is 0. The van der Waals surface area contributed by atoms with E-state index in [0.717, 1.165) is 24.3 Å². The van der Waals surface area contributed by atoms with Crippen LogP contribution in [-0.4, -0.2) is 34.1 Å². The van der Waals surface area contributed by atoms with E-state index in [-0.39, 0.29) is 0 Å². The molecular weight excluding hydrogens is 238 g/mol. The molecular formula is C14H17N5. The third-order valence-corrected chi connectivity index (χ3v) is 3.28. The third kappa shape index (κ3) is 3.06. The van der Waals surface area contributed by atoms with Crippen LogP contribution in [0.3, 0.4) is 0 Å². The van der Waals surface area contributed by atoms with Gasteiger partial charge in [-0.2, -0.15) is 0 Å². The molecule has 0 spiro atoms. The average molecular weight is 255 g/mol. The molecule has 1 atom stereocenters. The van der Waals surface area contributed by atoms with Crippen molar-refractivity contribution in [3.63, 3.8) is 0 Å². The zero-order chi connectivity index (χ0) is 12.9. The number of aromatic nitrogens is 3. The van der Waals surface area contributed by atoms with Gasteiger partial charge in [0, 0.05) is 36.7 Å². The van der Waals surface area contributed by atoms with Crippen LogP contribution in [0.25, 0.3) is 11.3 Å². The van der Waals surface area contributed by atoms with E-state index in [1.54, 1.807) is 18.6 Å². The molecule has 19 heavy (non-hydrogen) atoms. The Morgan fingerprint density at radius 2 is 2.11 bits per heavy atom. The molecule has 2 aromatic rings. The number of nitrogens with zero attached hydrogens (tertiary/aromatic N) is 3. The molecule has 1 unspecified atom stereocenters. The SMILES string of the molecule is c1ccc(-c2cnc(NCC3CCCN3)nc2)nc1. The molecule has 0 aliphatic carbocycles. The summed E-state index contributed by atoms with van der Waals surface area (Å²) in [5, 5.41) is 6.70. The minimum Gasteiger partial charge on any atom is -0.353 e. The molecule has 1 aliphatic heterocycles. The van der Waals surface area contributed by atoms with E-state index in [1.165, 1.54) is 12.8 Å². The van der Waals surface area contributed by atoms with Gasteiger partial charge in [0.15, 0.2) is 0 Å². The minimum absolute atomic E-state index is 0.541. The van der Waals surface area contributed by atoms with Gasteiger partial charge >= 0.3 is 0 Å². The van der Waals surface area contributed by atoms with Gasteiger partial charge in [0.2, 0.25) is 5.95 Å². The molecule has 2 aromatic heterocycles. The topological polar surface area (TPSA) is 62.7 Å². The van der Waals surface area contributed by atoms with Crippen LogP contribution in [0.4, 0.5) is 5.95 Å². The zero-order valence-corrected chi connectivity index (χ0v) is 10.7. The zero-order valence-electron chi connectivity index (χ0n) is 10.7. The average Bonchev–Trinajstić information content (AvgIpc) is 3.00. The molecule has 1 fully saturated rings. The molecule has 5 nitrogen and oxygen atoms in total. The van der Waals surface area contributed by atoms with Gasteiger partial charge in [-0.05, 0) is 31.5 Å². The van der Waals surface area contributed by atoms with Crippen LogP contribution in [0, 0.1) is 0 Å². The summed E-state index contributed by atoms with van der Waals surface area (Å²) in [5.74, 6) is 0.674. The van der Waals surface area contributed by atoms with Gasteiger partial charge in [-0.25, -0.2) is 9.97 Å². The van der Waals surface area contributed by atoms with Crippen LogP contribution < -0.4 is 10.6 Å². The van der Waals surface area contributed by atoms with Crippen molar-refractivity contribution in [2.75, 3.05) is 18.4 Å². The van der Waals surface area contributed by atoms with Crippen LogP contribution in [0.15, 0.2) is 36.8 Å². The monoisotopic (exact) mass is 255 g/mol. The molecule has 98 valence electrons. The van der Waals surface area contributed by atoms with Crippen LogP contribution in [0.2, 0.25) is 0 Å².